The summed E-state index contributed by atoms with van der Waals surface area (Å²) in [7, 11) is 1.64. The standard InChI is InChI=1S/C14H18N2O3/c1-9-4-5-11(10(2)6-9)16-8-13(17)15(3)7-12(16)14(18)19/h4-6,12H,7-8H2,1-3H3,(H,18,19). The molecule has 0 aromatic heterocycles. The van der Waals surface area contributed by atoms with E-state index in [4.69, 9.17) is 0 Å². The average Bonchev–Trinajstić information content (AvgIpc) is 2.32. The maximum absolute atomic E-state index is 11.8. The van der Waals surface area contributed by atoms with Gasteiger partial charge in [0.25, 0.3) is 0 Å². The van der Waals surface area contributed by atoms with Crippen molar-refractivity contribution in [2.24, 2.45) is 0 Å². The third-order valence-corrected chi connectivity index (χ3v) is 3.50. The first-order valence-electron chi connectivity index (χ1n) is 6.21. The van der Waals surface area contributed by atoms with Gasteiger partial charge in [0.1, 0.15) is 6.04 Å². The maximum atomic E-state index is 11.8. The lowest BCUT2D eigenvalue weighted by molar-refractivity contribution is -0.141. The van der Waals surface area contributed by atoms with Crippen molar-refractivity contribution in [2.75, 3.05) is 25.0 Å². The van der Waals surface area contributed by atoms with Gasteiger partial charge in [-0.3, -0.25) is 4.79 Å². The first-order chi connectivity index (χ1) is 8.90. The molecule has 19 heavy (non-hydrogen) atoms. The van der Waals surface area contributed by atoms with Crippen molar-refractivity contribution < 1.29 is 14.7 Å². The predicted molar refractivity (Wildman–Crippen MR) is 72.3 cm³/mol. The van der Waals surface area contributed by atoms with Crippen LogP contribution in [0.15, 0.2) is 18.2 Å². The van der Waals surface area contributed by atoms with E-state index in [1.54, 1.807) is 11.9 Å². The van der Waals surface area contributed by atoms with Crippen molar-refractivity contribution in [1.82, 2.24) is 4.90 Å². The summed E-state index contributed by atoms with van der Waals surface area (Å²) in [6.45, 7) is 4.24. The molecule has 1 aromatic carbocycles. The number of aryl methyl sites for hydroxylation is 2. The summed E-state index contributed by atoms with van der Waals surface area (Å²) in [6, 6.07) is 5.13. The van der Waals surface area contributed by atoms with E-state index in [9.17, 15) is 14.7 Å². The topological polar surface area (TPSA) is 60.9 Å². The molecule has 1 saturated heterocycles. The van der Waals surface area contributed by atoms with Gasteiger partial charge >= 0.3 is 5.97 Å². The number of hydrogen-bond acceptors (Lipinski definition) is 3. The number of carboxylic acid groups (broad SMARTS) is 1. The fourth-order valence-electron chi connectivity index (χ4n) is 2.43. The molecule has 1 atom stereocenters. The molecule has 1 N–H and O–H groups in total. The summed E-state index contributed by atoms with van der Waals surface area (Å²) in [5.41, 5.74) is 2.93. The summed E-state index contributed by atoms with van der Waals surface area (Å²) in [5.74, 6) is -0.961. The van der Waals surface area contributed by atoms with Crippen LogP contribution >= 0.6 is 0 Å². The van der Waals surface area contributed by atoms with Crippen molar-refractivity contribution in [1.29, 1.82) is 0 Å². The molecule has 1 aliphatic heterocycles. The van der Waals surface area contributed by atoms with Crippen LogP contribution in [-0.4, -0.2) is 48.1 Å². The van der Waals surface area contributed by atoms with Crippen molar-refractivity contribution >= 4 is 17.6 Å². The fraction of sp³-hybridized carbons (Fsp3) is 0.429. The van der Waals surface area contributed by atoms with E-state index in [0.717, 1.165) is 16.8 Å². The molecular weight excluding hydrogens is 244 g/mol. The van der Waals surface area contributed by atoms with E-state index in [0.29, 0.717) is 0 Å². The van der Waals surface area contributed by atoms with E-state index in [2.05, 4.69) is 0 Å². The van der Waals surface area contributed by atoms with Gasteiger partial charge in [-0.1, -0.05) is 17.7 Å². The number of piperazine rings is 1. The van der Waals surface area contributed by atoms with Crippen LogP contribution < -0.4 is 4.90 Å². The lowest BCUT2D eigenvalue weighted by atomic mass is 10.1. The molecule has 0 aliphatic carbocycles. The molecule has 0 radical (unpaired) electrons. The van der Waals surface area contributed by atoms with Gasteiger partial charge in [-0.15, -0.1) is 0 Å². The molecule has 1 fully saturated rings. The molecule has 5 heteroatoms. The Morgan fingerprint density at radius 1 is 1.37 bits per heavy atom. The summed E-state index contributed by atoms with van der Waals surface area (Å²) < 4.78 is 0. The number of aliphatic carboxylic acids is 1. The monoisotopic (exact) mass is 262 g/mol. The number of likely N-dealkylation sites (N-methyl/N-ethyl adjacent to an activating group) is 1. The predicted octanol–water partition coefficient (Wildman–Crippen LogP) is 1.04. The molecule has 2 rings (SSSR count). The Balaban J connectivity index is 2.39. The van der Waals surface area contributed by atoms with Gasteiger partial charge < -0.3 is 14.9 Å². The molecule has 1 aliphatic rings. The van der Waals surface area contributed by atoms with Crippen LogP contribution in [0.25, 0.3) is 0 Å². The van der Waals surface area contributed by atoms with Gasteiger partial charge in [0.15, 0.2) is 0 Å². The molecule has 1 amide bonds. The number of anilines is 1. The first kappa shape index (κ1) is 13.4. The van der Waals surface area contributed by atoms with E-state index >= 15 is 0 Å². The van der Waals surface area contributed by atoms with E-state index in [-0.39, 0.29) is 19.0 Å². The van der Waals surface area contributed by atoms with Gasteiger partial charge in [0.2, 0.25) is 5.91 Å². The first-order valence-corrected chi connectivity index (χ1v) is 6.21. The highest BCUT2D eigenvalue weighted by Gasteiger charge is 2.35. The van der Waals surface area contributed by atoms with Crippen LogP contribution in [0.3, 0.4) is 0 Å². The molecule has 1 heterocycles. The Morgan fingerprint density at radius 2 is 2.05 bits per heavy atom. The molecule has 102 valence electrons. The largest absolute Gasteiger partial charge is 0.480 e. The minimum Gasteiger partial charge on any atom is -0.480 e. The van der Waals surface area contributed by atoms with Crippen molar-refractivity contribution in [3.05, 3.63) is 29.3 Å². The van der Waals surface area contributed by atoms with Crippen LogP contribution in [0.1, 0.15) is 11.1 Å². The number of carbonyl (C=O) groups excluding carboxylic acids is 1. The second kappa shape index (κ2) is 4.91. The Labute approximate surface area is 112 Å². The van der Waals surface area contributed by atoms with Gasteiger partial charge in [-0.05, 0) is 25.5 Å². The van der Waals surface area contributed by atoms with E-state index in [1.807, 2.05) is 32.0 Å². The number of benzene rings is 1. The zero-order valence-corrected chi connectivity index (χ0v) is 11.4. The van der Waals surface area contributed by atoms with Gasteiger partial charge in [-0.25, -0.2) is 4.79 Å². The number of carboxylic acids is 1. The third-order valence-electron chi connectivity index (χ3n) is 3.50. The van der Waals surface area contributed by atoms with Crippen molar-refractivity contribution in [3.63, 3.8) is 0 Å². The minimum atomic E-state index is -0.903. The van der Waals surface area contributed by atoms with Gasteiger partial charge in [0.05, 0.1) is 13.1 Å². The molecule has 1 unspecified atom stereocenters. The molecule has 0 saturated carbocycles. The Kier molecular flexibility index (Phi) is 3.46. The minimum absolute atomic E-state index is 0.0579. The quantitative estimate of drug-likeness (QED) is 0.865. The molecular formula is C14H18N2O3. The Hall–Kier alpha value is -2.04. The van der Waals surface area contributed by atoms with Crippen molar-refractivity contribution in [3.8, 4) is 0 Å². The highest BCUT2D eigenvalue weighted by molar-refractivity contribution is 5.89. The van der Waals surface area contributed by atoms with Crippen LogP contribution in [-0.2, 0) is 9.59 Å². The lowest BCUT2D eigenvalue weighted by Gasteiger charge is -2.39. The Morgan fingerprint density at radius 3 is 2.63 bits per heavy atom. The molecule has 5 nitrogen and oxygen atoms in total. The smallest absolute Gasteiger partial charge is 0.328 e. The van der Waals surface area contributed by atoms with Crippen LogP contribution in [0, 0.1) is 13.8 Å². The van der Waals surface area contributed by atoms with E-state index < -0.39 is 12.0 Å². The van der Waals surface area contributed by atoms with Crippen LogP contribution in [0.4, 0.5) is 5.69 Å². The molecule has 1 aromatic rings. The Bertz CT molecular complexity index is 527. The number of rotatable bonds is 2. The van der Waals surface area contributed by atoms with E-state index in [1.165, 1.54) is 4.90 Å². The van der Waals surface area contributed by atoms with Crippen molar-refractivity contribution in [2.45, 2.75) is 19.9 Å². The third kappa shape index (κ3) is 2.54. The maximum Gasteiger partial charge on any atom is 0.328 e. The molecule has 0 spiro atoms. The number of hydrogen-bond donors (Lipinski definition) is 1. The zero-order valence-electron chi connectivity index (χ0n) is 11.4. The number of carbonyl (C=O) groups is 2. The summed E-state index contributed by atoms with van der Waals surface area (Å²) in [5, 5.41) is 9.34. The van der Waals surface area contributed by atoms with Crippen LogP contribution in [0.2, 0.25) is 0 Å². The average molecular weight is 262 g/mol. The number of nitrogens with zero attached hydrogens (tertiary/aromatic N) is 2. The summed E-state index contributed by atoms with van der Waals surface area (Å²) in [6.07, 6.45) is 0. The van der Waals surface area contributed by atoms with Gasteiger partial charge in [0, 0.05) is 12.7 Å². The lowest BCUT2D eigenvalue weighted by Crippen LogP contribution is -2.58. The van der Waals surface area contributed by atoms with Crippen LogP contribution in [0.5, 0.6) is 0 Å². The second-order valence-corrected chi connectivity index (χ2v) is 5.05. The zero-order chi connectivity index (χ0) is 14.2. The highest BCUT2D eigenvalue weighted by atomic mass is 16.4. The normalized spacial score (nSPS) is 19.7. The molecule has 0 bridgehead atoms. The second-order valence-electron chi connectivity index (χ2n) is 5.05. The fourth-order valence-corrected chi connectivity index (χ4v) is 2.43. The highest BCUT2D eigenvalue weighted by Crippen LogP contribution is 2.25. The SMILES string of the molecule is Cc1ccc(N2CC(=O)N(C)CC2C(=O)O)c(C)c1. The number of amides is 1. The summed E-state index contributed by atoms with van der Waals surface area (Å²) >= 11 is 0. The van der Waals surface area contributed by atoms with Gasteiger partial charge in [-0.2, -0.15) is 0 Å². The summed E-state index contributed by atoms with van der Waals surface area (Å²) in [4.78, 5) is 26.4.